The van der Waals surface area contributed by atoms with Crippen LogP contribution in [0.2, 0.25) is 0 Å². The van der Waals surface area contributed by atoms with Gasteiger partial charge in [-0.2, -0.15) is 0 Å². The Morgan fingerprint density at radius 2 is 2.31 bits per heavy atom. The largest absolute Gasteiger partial charge is 0.324 e. The van der Waals surface area contributed by atoms with E-state index in [0.29, 0.717) is 6.04 Å². The molecule has 0 amide bonds. The lowest BCUT2D eigenvalue weighted by Gasteiger charge is -2.06. The van der Waals surface area contributed by atoms with Crippen LogP contribution in [0.4, 0.5) is 4.39 Å². The van der Waals surface area contributed by atoms with E-state index in [1.807, 2.05) is 13.1 Å². The molecule has 0 atom stereocenters. The molecule has 1 saturated carbocycles. The Morgan fingerprint density at radius 1 is 1.50 bits per heavy atom. The zero-order valence-electron chi connectivity index (χ0n) is 9.20. The lowest BCUT2D eigenvalue weighted by molar-refractivity contribution is 0.629. The fraction of sp³-hybridized carbons (Fsp3) is 0.417. The van der Waals surface area contributed by atoms with E-state index in [9.17, 15) is 4.39 Å². The van der Waals surface area contributed by atoms with Crippen LogP contribution in [0.15, 0.2) is 18.2 Å². The van der Waals surface area contributed by atoms with Crippen molar-refractivity contribution >= 4 is 11.0 Å². The van der Waals surface area contributed by atoms with E-state index >= 15 is 0 Å². The highest BCUT2D eigenvalue weighted by molar-refractivity contribution is 5.76. The third kappa shape index (κ3) is 1.50. The molecule has 16 heavy (non-hydrogen) atoms. The van der Waals surface area contributed by atoms with E-state index in [4.69, 9.17) is 0 Å². The van der Waals surface area contributed by atoms with Crippen molar-refractivity contribution < 1.29 is 4.39 Å². The smallest absolute Gasteiger partial charge is 0.125 e. The summed E-state index contributed by atoms with van der Waals surface area (Å²) in [6.07, 6.45) is 2.42. The number of nitrogens with one attached hydrogen (secondary N) is 1. The van der Waals surface area contributed by atoms with E-state index in [1.54, 1.807) is 0 Å². The molecule has 1 fully saturated rings. The molecule has 0 spiro atoms. The highest BCUT2D eigenvalue weighted by Gasteiger charge is 2.27. The van der Waals surface area contributed by atoms with Gasteiger partial charge in [-0.3, -0.25) is 0 Å². The summed E-state index contributed by atoms with van der Waals surface area (Å²) in [6.45, 7) is 0.729. The Balaban J connectivity index is 2.20. The molecular weight excluding hydrogens is 205 g/mol. The molecule has 1 aliphatic carbocycles. The monoisotopic (exact) mass is 219 g/mol. The van der Waals surface area contributed by atoms with Gasteiger partial charge in [0.05, 0.1) is 17.6 Å². The second-order valence-electron chi connectivity index (χ2n) is 4.29. The second kappa shape index (κ2) is 3.56. The van der Waals surface area contributed by atoms with Crippen LogP contribution in [0.5, 0.6) is 0 Å². The van der Waals surface area contributed by atoms with Gasteiger partial charge < -0.3 is 9.88 Å². The Labute approximate surface area is 93.3 Å². The summed E-state index contributed by atoms with van der Waals surface area (Å²) in [5.74, 6) is 0.787. The highest BCUT2D eigenvalue weighted by atomic mass is 19.1. The molecule has 1 aliphatic rings. The topological polar surface area (TPSA) is 29.9 Å². The van der Waals surface area contributed by atoms with Gasteiger partial charge in [0.1, 0.15) is 11.6 Å². The number of hydrogen-bond acceptors (Lipinski definition) is 2. The molecule has 0 radical (unpaired) electrons. The van der Waals surface area contributed by atoms with Crippen molar-refractivity contribution in [3.05, 3.63) is 29.8 Å². The van der Waals surface area contributed by atoms with Gasteiger partial charge in [0.25, 0.3) is 0 Å². The van der Waals surface area contributed by atoms with Crippen LogP contribution in [-0.4, -0.2) is 16.6 Å². The highest BCUT2D eigenvalue weighted by Crippen LogP contribution is 2.38. The lowest BCUT2D eigenvalue weighted by atomic mass is 10.3. The van der Waals surface area contributed by atoms with Crippen molar-refractivity contribution in [3.63, 3.8) is 0 Å². The number of benzene rings is 1. The zero-order chi connectivity index (χ0) is 11.1. The van der Waals surface area contributed by atoms with Crippen molar-refractivity contribution in [1.29, 1.82) is 0 Å². The van der Waals surface area contributed by atoms with Gasteiger partial charge in [-0.15, -0.1) is 0 Å². The van der Waals surface area contributed by atoms with E-state index in [2.05, 4.69) is 14.9 Å². The van der Waals surface area contributed by atoms with Crippen molar-refractivity contribution in [3.8, 4) is 0 Å². The summed E-state index contributed by atoms with van der Waals surface area (Å²) < 4.78 is 15.4. The van der Waals surface area contributed by atoms with Gasteiger partial charge in [-0.1, -0.05) is 0 Å². The minimum absolute atomic E-state index is 0.219. The number of rotatable bonds is 3. The molecule has 1 heterocycles. The van der Waals surface area contributed by atoms with Crippen LogP contribution in [0, 0.1) is 5.82 Å². The molecule has 1 aromatic carbocycles. The maximum absolute atomic E-state index is 13.1. The van der Waals surface area contributed by atoms with Gasteiger partial charge in [-0.25, -0.2) is 9.37 Å². The normalized spacial score (nSPS) is 15.9. The third-order valence-corrected chi connectivity index (χ3v) is 2.97. The predicted molar refractivity (Wildman–Crippen MR) is 60.7 cm³/mol. The second-order valence-corrected chi connectivity index (χ2v) is 4.29. The molecular formula is C12H14FN3. The molecule has 0 saturated heterocycles. The Bertz CT molecular complexity index is 528. The first-order valence-corrected chi connectivity index (χ1v) is 5.60. The number of fused-ring (bicyclic) bond motifs is 1. The summed E-state index contributed by atoms with van der Waals surface area (Å²) in [4.78, 5) is 4.48. The number of hydrogen-bond donors (Lipinski definition) is 1. The molecule has 1 N–H and O–H groups in total. The fourth-order valence-corrected chi connectivity index (χ4v) is 2.14. The zero-order valence-corrected chi connectivity index (χ0v) is 9.20. The first kappa shape index (κ1) is 9.78. The van der Waals surface area contributed by atoms with E-state index in [-0.39, 0.29) is 5.82 Å². The Morgan fingerprint density at radius 3 is 3.00 bits per heavy atom. The molecule has 0 unspecified atom stereocenters. The molecule has 3 rings (SSSR count). The standard InChI is InChI=1S/C12H14FN3/c1-14-7-12-15-10-6-8(13)2-5-11(10)16(12)9-3-4-9/h2,5-6,9,14H,3-4,7H2,1H3. The van der Waals surface area contributed by atoms with Crippen molar-refractivity contribution in [1.82, 2.24) is 14.9 Å². The van der Waals surface area contributed by atoms with Crippen LogP contribution in [-0.2, 0) is 6.54 Å². The van der Waals surface area contributed by atoms with E-state index in [0.717, 1.165) is 23.4 Å². The van der Waals surface area contributed by atoms with E-state index < -0.39 is 0 Å². The van der Waals surface area contributed by atoms with Gasteiger partial charge in [0.2, 0.25) is 0 Å². The minimum atomic E-state index is -0.219. The van der Waals surface area contributed by atoms with Gasteiger partial charge in [-0.05, 0) is 32.0 Å². The first-order chi connectivity index (χ1) is 7.79. The molecule has 3 nitrogen and oxygen atoms in total. The molecule has 0 aliphatic heterocycles. The number of imidazole rings is 1. The number of halogens is 1. The number of aromatic nitrogens is 2. The summed E-state index contributed by atoms with van der Waals surface area (Å²) in [5, 5.41) is 3.11. The summed E-state index contributed by atoms with van der Waals surface area (Å²) >= 11 is 0. The van der Waals surface area contributed by atoms with Crippen molar-refractivity contribution in [2.24, 2.45) is 0 Å². The predicted octanol–water partition coefficient (Wildman–Crippen LogP) is 2.23. The lowest BCUT2D eigenvalue weighted by Crippen LogP contribution is -2.11. The summed E-state index contributed by atoms with van der Waals surface area (Å²) in [7, 11) is 1.90. The SMILES string of the molecule is CNCc1nc2cc(F)ccc2n1C1CC1. The molecule has 84 valence electrons. The maximum atomic E-state index is 13.1. The third-order valence-electron chi connectivity index (χ3n) is 2.97. The molecule has 2 aromatic rings. The quantitative estimate of drug-likeness (QED) is 0.857. The Kier molecular flexibility index (Phi) is 2.17. The van der Waals surface area contributed by atoms with Gasteiger partial charge in [0.15, 0.2) is 0 Å². The Hall–Kier alpha value is -1.42. The van der Waals surface area contributed by atoms with Crippen molar-refractivity contribution in [2.75, 3.05) is 7.05 Å². The average molecular weight is 219 g/mol. The van der Waals surface area contributed by atoms with Crippen LogP contribution >= 0.6 is 0 Å². The van der Waals surface area contributed by atoms with Crippen LogP contribution in [0.25, 0.3) is 11.0 Å². The van der Waals surface area contributed by atoms with Gasteiger partial charge >= 0.3 is 0 Å². The van der Waals surface area contributed by atoms with Crippen LogP contribution < -0.4 is 5.32 Å². The van der Waals surface area contributed by atoms with Gasteiger partial charge in [0, 0.05) is 12.1 Å². The summed E-state index contributed by atoms with van der Waals surface area (Å²) in [6, 6.07) is 5.41. The minimum Gasteiger partial charge on any atom is -0.324 e. The molecule has 4 heteroatoms. The summed E-state index contributed by atoms with van der Waals surface area (Å²) in [5.41, 5.74) is 1.81. The molecule has 0 bridgehead atoms. The van der Waals surface area contributed by atoms with Crippen LogP contribution in [0.3, 0.4) is 0 Å². The van der Waals surface area contributed by atoms with Crippen LogP contribution in [0.1, 0.15) is 24.7 Å². The average Bonchev–Trinajstić information content (AvgIpc) is 3.02. The number of nitrogens with zero attached hydrogens (tertiary/aromatic N) is 2. The van der Waals surface area contributed by atoms with Crippen molar-refractivity contribution in [2.45, 2.75) is 25.4 Å². The fourth-order valence-electron chi connectivity index (χ4n) is 2.14. The maximum Gasteiger partial charge on any atom is 0.125 e. The molecule has 1 aromatic heterocycles. The van der Waals surface area contributed by atoms with E-state index in [1.165, 1.54) is 25.0 Å². The first-order valence-electron chi connectivity index (χ1n) is 5.60.